The number of nitrogens with one attached hydrogen (secondary N) is 1. The van der Waals surface area contributed by atoms with Crippen molar-refractivity contribution in [2.75, 3.05) is 13.2 Å². The molecule has 1 N–H and O–H groups in total. The minimum Gasteiger partial charge on any atom is -0.461 e. The van der Waals surface area contributed by atoms with Crippen LogP contribution in [0.15, 0.2) is 30.3 Å². The predicted molar refractivity (Wildman–Crippen MR) is 95.6 cm³/mol. The van der Waals surface area contributed by atoms with Crippen molar-refractivity contribution in [3.8, 4) is 0 Å². The maximum atomic E-state index is 12.9. The number of hydrogen-bond donors (Lipinski definition) is 1. The molecule has 8 nitrogen and oxygen atoms in total. The molecule has 0 unspecified atom stereocenters. The van der Waals surface area contributed by atoms with Gasteiger partial charge in [-0.1, -0.05) is 30.3 Å². The van der Waals surface area contributed by atoms with E-state index in [1.165, 1.54) is 0 Å². The molecule has 0 aliphatic carbocycles. The van der Waals surface area contributed by atoms with Gasteiger partial charge >= 0.3 is 19.7 Å². The summed E-state index contributed by atoms with van der Waals surface area (Å²) in [6, 6.07) is 9.00. The minimum absolute atomic E-state index is 0.00775. The molecule has 0 aromatic heterocycles. The smallest absolute Gasteiger partial charge is 0.408 e. The summed E-state index contributed by atoms with van der Waals surface area (Å²) in [5, 5.41) is 2.25. The van der Waals surface area contributed by atoms with Gasteiger partial charge in [-0.05, 0) is 33.3 Å². The number of ether oxygens (including phenoxy) is 2. The average Bonchev–Trinajstić information content (AvgIpc) is 2.58. The van der Waals surface area contributed by atoms with Crippen LogP contribution in [0.25, 0.3) is 0 Å². The lowest BCUT2D eigenvalue weighted by atomic mass is 10.2. The normalized spacial score (nSPS) is 12.5. The molecule has 1 aromatic rings. The number of esters is 1. The van der Waals surface area contributed by atoms with E-state index in [1.54, 1.807) is 52.0 Å². The van der Waals surface area contributed by atoms with Crippen LogP contribution in [0.4, 0.5) is 4.79 Å². The topological polar surface area (TPSA) is 100 Å². The Kier molecular flexibility index (Phi) is 9.34. The second-order valence-electron chi connectivity index (χ2n) is 5.47. The van der Waals surface area contributed by atoms with Gasteiger partial charge in [0.1, 0.15) is 6.61 Å². The van der Waals surface area contributed by atoms with Crippen molar-refractivity contribution in [1.82, 2.24) is 5.32 Å². The zero-order chi connectivity index (χ0) is 19.6. The van der Waals surface area contributed by atoms with E-state index in [9.17, 15) is 14.2 Å². The first kappa shape index (κ1) is 22.2. The molecule has 0 heterocycles. The fourth-order valence-corrected chi connectivity index (χ4v) is 3.66. The molecule has 0 fully saturated rings. The largest absolute Gasteiger partial charge is 0.461 e. The Balaban J connectivity index is 2.87. The molecule has 1 rings (SSSR count). The summed E-state index contributed by atoms with van der Waals surface area (Å²) in [5.41, 5.74) is 0.766. The van der Waals surface area contributed by atoms with Crippen LogP contribution in [0.5, 0.6) is 0 Å². The van der Waals surface area contributed by atoms with Gasteiger partial charge in [0.2, 0.25) is 5.78 Å². The molecule has 0 aliphatic heterocycles. The highest BCUT2D eigenvalue weighted by Crippen LogP contribution is 2.52. The third-order valence-corrected chi connectivity index (χ3v) is 5.19. The summed E-state index contributed by atoms with van der Waals surface area (Å²) in [6.07, 6.45) is -1.40. The summed E-state index contributed by atoms with van der Waals surface area (Å²) in [6.45, 7) is 6.53. The van der Waals surface area contributed by atoms with Crippen LogP contribution in [0.1, 0.15) is 33.3 Å². The molecule has 0 spiro atoms. The van der Waals surface area contributed by atoms with E-state index in [1.807, 2.05) is 6.07 Å². The van der Waals surface area contributed by atoms with Gasteiger partial charge in [-0.2, -0.15) is 0 Å². The first-order valence-corrected chi connectivity index (χ1v) is 10.00. The van der Waals surface area contributed by atoms with Crippen molar-refractivity contribution in [2.24, 2.45) is 0 Å². The molecule has 1 amide bonds. The first-order valence-electron chi connectivity index (χ1n) is 8.38. The van der Waals surface area contributed by atoms with Gasteiger partial charge in [-0.25, -0.2) is 9.59 Å². The predicted octanol–water partition coefficient (Wildman–Crippen LogP) is 3.46. The van der Waals surface area contributed by atoms with E-state index in [2.05, 4.69) is 5.32 Å². The molecule has 0 radical (unpaired) electrons. The molecule has 0 aliphatic rings. The Bertz CT molecular complexity index is 611. The molecular formula is C17H26NO7P. The molecule has 1 aromatic carbocycles. The highest BCUT2D eigenvalue weighted by Gasteiger charge is 2.44. The number of carbonyl (C=O) groups excluding carboxylic acids is 2. The molecule has 146 valence electrons. The van der Waals surface area contributed by atoms with E-state index in [0.717, 1.165) is 5.56 Å². The highest BCUT2D eigenvalue weighted by molar-refractivity contribution is 7.55. The lowest BCUT2D eigenvalue weighted by molar-refractivity contribution is -0.148. The third kappa shape index (κ3) is 7.15. The van der Waals surface area contributed by atoms with E-state index in [0.29, 0.717) is 0 Å². The van der Waals surface area contributed by atoms with Crippen molar-refractivity contribution in [1.29, 1.82) is 0 Å². The summed E-state index contributed by atoms with van der Waals surface area (Å²) < 4.78 is 33.4. The average molecular weight is 387 g/mol. The van der Waals surface area contributed by atoms with E-state index >= 15 is 0 Å². The van der Waals surface area contributed by atoms with Crippen LogP contribution in [-0.2, 0) is 34.5 Å². The minimum atomic E-state index is -3.98. The van der Waals surface area contributed by atoms with Crippen molar-refractivity contribution in [3.05, 3.63) is 35.9 Å². The van der Waals surface area contributed by atoms with Gasteiger partial charge in [0, 0.05) is 0 Å². The number of amides is 1. The molecule has 1 atom stereocenters. The summed E-state index contributed by atoms with van der Waals surface area (Å²) in [7, 11) is -3.98. The van der Waals surface area contributed by atoms with Crippen LogP contribution in [0, 0.1) is 0 Å². The summed E-state index contributed by atoms with van der Waals surface area (Å²) in [5.74, 6) is -2.53. The van der Waals surface area contributed by atoms with Crippen molar-refractivity contribution >= 4 is 19.7 Å². The quantitative estimate of drug-likeness (QED) is 0.485. The number of alkyl carbamates (subject to hydrolysis) is 1. The van der Waals surface area contributed by atoms with E-state index in [-0.39, 0.29) is 19.8 Å². The molecule has 9 heteroatoms. The van der Waals surface area contributed by atoms with Gasteiger partial charge in [0.25, 0.3) is 0 Å². The SMILES string of the molecule is CCOP(=O)(OCC)[C@H](NC(=O)OCc1ccccc1)C(=O)OC(C)C. The van der Waals surface area contributed by atoms with Gasteiger partial charge < -0.3 is 18.5 Å². The van der Waals surface area contributed by atoms with Crippen LogP contribution in [-0.4, -0.2) is 37.2 Å². The van der Waals surface area contributed by atoms with Crippen LogP contribution in [0.3, 0.4) is 0 Å². The lowest BCUT2D eigenvalue weighted by Crippen LogP contribution is -2.43. The maximum Gasteiger partial charge on any atom is 0.408 e. The Hall–Kier alpha value is -1.89. The molecule has 0 bridgehead atoms. The molecule has 0 saturated heterocycles. The Morgan fingerprint density at radius 2 is 1.65 bits per heavy atom. The summed E-state index contributed by atoms with van der Waals surface area (Å²) >= 11 is 0. The third-order valence-electron chi connectivity index (χ3n) is 2.98. The fourth-order valence-electron chi connectivity index (χ4n) is 1.99. The van der Waals surface area contributed by atoms with Crippen LogP contribution in [0.2, 0.25) is 0 Å². The van der Waals surface area contributed by atoms with Crippen LogP contribution < -0.4 is 5.32 Å². The van der Waals surface area contributed by atoms with Crippen LogP contribution >= 0.6 is 7.60 Å². The maximum absolute atomic E-state index is 12.9. The Morgan fingerprint density at radius 1 is 1.08 bits per heavy atom. The molecule has 26 heavy (non-hydrogen) atoms. The van der Waals surface area contributed by atoms with Crippen molar-refractivity contribution in [2.45, 2.75) is 46.2 Å². The zero-order valence-corrected chi connectivity index (χ0v) is 16.4. The Morgan fingerprint density at radius 3 is 2.15 bits per heavy atom. The summed E-state index contributed by atoms with van der Waals surface area (Å²) in [4.78, 5) is 24.4. The second kappa shape index (κ2) is 11.0. The van der Waals surface area contributed by atoms with Gasteiger partial charge in [-0.15, -0.1) is 0 Å². The van der Waals surface area contributed by atoms with E-state index in [4.69, 9.17) is 18.5 Å². The van der Waals surface area contributed by atoms with Gasteiger partial charge in [-0.3, -0.25) is 9.88 Å². The fraction of sp³-hybridized carbons (Fsp3) is 0.529. The van der Waals surface area contributed by atoms with Crippen molar-refractivity contribution in [3.63, 3.8) is 0 Å². The van der Waals surface area contributed by atoms with E-state index < -0.39 is 31.5 Å². The highest BCUT2D eigenvalue weighted by atomic mass is 31.2. The second-order valence-corrected chi connectivity index (χ2v) is 7.58. The molecule has 0 saturated carbocycles. The van der Waals surface area contributed by atoms with Gasteiger partial charge in [0.05, 0.1) is 19.3 Å². The Labute approximate surface area is 153 Å². The molecular weight excluding hydrogens is 361 g/mol. The standard InChI is InChI=1S/C17H26NO7P/c1-5-23-26(21,24-6-2)15(16(19)25-13(3)4)18-17(20)22-12-14-10-8-7-9-11-14/h7-11,13,15H,5-6,12H2,1-4H3,(H,18,20)/t15-/m0/s1. The lowest BCUT2D eigenvalue weighted by Gasteiger charge is -2.26. The number of rotatable bonds is 10. The van der Waals surface area contributed by atoms with Gasteiger partial charge in [0.15, 0.2) is 0 Å². The number of carbonyl (C=O) groups is 2. The number of benzene rings is 1. The zero-order valence-electron chi connectivity index (χ0n) is 15.5. The number of hydrogen-bond acceptors (Lipinski definition) is 7. The first-order chi connectivity index (χ1) is 12.3. The monoisotopic (exact) mass is 387 g/mol. The van der Waals surface area contributed by atoms with Crippen molar-refractivity contribution < 1.29 is 32.7 Å².